The average Bonchev–Trinajstić information content (AvgIpc) is 2.84. The Hall–Kier alpha value is -0.740. The van der Waals surface area contributed by atoms with E-state index >= 15 is 0 Å². The maximum absolute atomic E-state index is 4.38. The minimum absolute atomic E-state index is 1.04. The Labute approximate surface area is 92.0 Å². The highest BCUT2D eigenvalue weighted by Crippen LogP contribution is 2.22. The van der Waals surface area contributed by atoms with Crippen molar-refractivity contribution in [1.29, 1.82) is 0 Å². The van der Waals surface area contributed by atoms with E-state index in [1.54, 1.807) is 11.3 Å². The van der Waals surface area contributed by atoms with Crippen molar-refractivity contribution in [3.05, 3.63) is 29.9 Å². The number of aryl methyl sites for hydroxylation is 1. The molecule has 2 heterocycles. The number of hydrogen-bond acceptors (Lipinski definition) is 3. The zero-order valence-electron chi connectivity index (χ0n) is 8.01. The summed E-state index contributed by atoms with van der Waals surface area (Å²) < 4.78 is 2.21. The quantitative estimate of drug-likeness (QED) is 0.794. The highest BCUT2D eigenvalue weighted by Gasteiger charge is 2.05. The Morgan fingerprint density at radius 2 is 2.50 bits per heavy atom. The molecule has 0 atom stereocenters. The molecule has 14 heavy (non-hydrogen) atoms. The van der Waals surface area contributed by atoms with Crippen molar-refractivity contribution in [3.8, 4) is 10.7 Å². The maximum Gasteiger partial charge on any atom is 0.150 e. The topological polar surface area (TPSA) is 17.8 Å². The van der Waals surface area contributed by atoms with E-state index in [1.807, 2.05) is 24.2 Å². The van der Waals surface area contributed by atoms with Crippen molar-refractivity contribution in [3.63, 3.8) is 0 Å². The molecule has 0 saturated carbocycles. The van der Waals surface area contributed by atoms with Gasteiger partial charge in [-0.3, -0.25) is 0 Å². The lowest BCUT2D eigenvalue weighted by Gasteiger charge is -2.04. The number of rotatable bonds is 4. The molecular formula is C10H12N2S2. The van der Waals surface area contributed by atoms with Crippen molar-refractivity contribution in [1.82, 2.24) is 9.55 Å². The van der Waals surface area contributed by atoms with Crippen molar-refractivity contribution in [2.75, 3.05) is 12.0 Å². The van der Waals surface area contributed by atoms with E-state index in [-0.39, 0.29) is 0 Å². The predicted octanol–water partition coefficient (Wildman–Crippen LogP) is 2.97. The van der Waals surface area contributed by atoms with Gasteiger partial charge in [0, 0.05) is 24.7 Å². The van der Waals surface area contributed by atoms with Crippen molar-refractivity contribution < 1.29 is 0 Å². The Morgan fingerprint density at radius 1 is 1.57 bits per heavy atom. The van der Waals surface area contributed by atoms with Crippen LogP contribution in [0.5, 0.6) is 0 Å². The van der Waals surface area contributed by atoms with Crippen LogP contribution in [0.4, 0.5) is 0 Å². The highest BCUT2D eigenvalue weighted by atomic mass is 32.2. The minimum atomic E-state index is 1.04. The van der Waals surface area contributed by atoms with Gasteiger partial charge < -0.3 is 4.57 Å². The first kappa shape index (κ1) is 9.80. The second-order valence-electron chi connectivity index (χ2n) is 2.91. The standard InChI is InChI=1S/C10H12N2S2/c1-13-8-6-12-5-4-11-10(12)9-3-2-7-14-9/h2-5,7H,6,8H2,1H3. The molecule has 0 radical (unpaired) electrons. The Bertz CT molecular complexity index is 378. The highest BCUT2D eigenvalue weighted by molar-refractivity contribution is 7.98. The predicted molar refractivity (Wildman–Crippen MR) is 63.9 cm³/mol. The van der Waals surface area contributed by atoms with Gasteiger partial charge in [0.05, 0.1) is 4.88 Å². The van der Waals surface area contributed by atoms with E-state index in [4.69, 9.17) is 0 Å². The lowest BCUT2D eigenvalue weighted by Crippen LogP contribution is -2.00. The summed E-state index contributed by atoms with van der Waals surface area (Å²) in [5.74, 6) is 2.23. The molecule has 74 valence electrons. The SMILES string of the molecule is CSCCn1ccnc1-c1cccs1. The van der Waals surface area contributed by atoms with Gasteiger partial charge in [-0.05, 0) is 17.7 Å². The fourth-order valence-electron chi connectivity index (χ4n) is 1.31. The van der Waals surface area contributed by atoms with Crippen molar-refractivity contribution >= 4 is 23.1 Å². The molecular weight excluding hydrogens is 212 g/mol. The average molecular weight is 224 g/mol. The first-order valence-electron chi connectivity index (χ1n) is 4.46. The zero-order chi connectivity index (χ0) is 9.80. The molecule has 2 aromatic heterocycles. The molecule has 2 nitrogen and oxygen atoms in total. The monoisotopic (exact) mass is 224 g/mol. The Balaban J connectivity index is 2.22. The molecule has 0 spiro atoms. The summed E-state index contributed by atoms with van der Waals surface area (Å²) in [7, 11) is 0. The normalized spacial score (nSPS) is 10.6. The molecule has 0 fully saturated rings. The van der Waals surface area contributed by atoms with Crippen LogP contribution in [-0.2, 0) is 6.54 Å². The molecule has 0 saturated heterocycles. The van der Waals surface area contributed by atoms with Gasteiger partial charge in [0.1, 0.15) is 5.82 Å². The summed E-state index contributed by atoms with van der Waals surface area (Å²) in [5.41, 5.74) is 0. The molecule has 0 unspecified atom stereocenters. The fraction of sp³-hybridized carbons (Fsp3) is 0.300. The molecule has 0 aliphatic rings. The molecule has 0 aliphatic carbocycles. The van der Waals surface area contributed by atoms with Crippen LogP contribution in [0.1, 0.15) is 0 Å². The van der Waals surface area contributed by atoms with Crippen LogP contribution in [0, 0.1) is 0 Å². The van der Waals surface area contributed by atoms with E-state index in [0.717, 1.165) is 18.1 Å². The molecule has 4 heteroatoms. The van der Waals surface area contributed by atoms with Gasteiger partial charge in [-0.25, -0.2) is 4.98 Å². The second-order valence-corrected chi connectivity index (χ2v) is 4.85. The first-order valence-corrected chi connectivity index (χ1v) is 6.73. The van der Waals surface area contributed by atoms with Crippen LogP contribution in [0.2, 0.25) is 0 Å². The number of nitrogens with zero attached hydrogens (tertiary/aromatic N) is 2. The second kappa shape index (κ2) is 4.66. The first-order chi connectivity index (χ1) is 6.92. The summed E-state index contributed by atoms with van der Waals surface area (Å²) in [6.45, 7) is 1.04. The van der Waals surface area contributed by atoms with Gasteiger partial charge in [-0.15, -0.1) is 11.3 Å². The number of aromatic nitrogens is 2. The third kappa shape index (κ3) is 2.01. The molecule has 0 aliphatic heterocycles. The van der Waals surface area contributed by atoms with Gasteiger partial charge in [0.2, 0.25) is 0 Å². The van der Waals surface area contributed by atoms with Gasteiger partial charge in [0.15, 0.2) is 0 Å². The Morgan fingerprint density at radius 3 is 3.21 bits per heavy atom. The van der Waals surface area contributed by atoms with Gasteiger partial charge >= 0.3 is 0 Å². The van der Waals surface area contributed by atoms with E-state index in [0.29, 0.717) is 0 Å². The lowest BCUT2D eigenvalue weighted by atomic mass is 10.4. The summed E-state index contributed by atoms with van der Waals surface area (Å²) in [6, 6.07) is 4.18. The van der Waals surface area contributed by atoms with Crippen molar-refractivity contribution in [2.24, 2.45) is 0 Å². The molecule has 0 aromatic carbocycles. The van der Waals surface area contributed by atoms with Crippen LogP contribution in [0.3, 0.4) is 0 Å². The summed E-state index contributed by atoms with van der Waals surface area (Å²) in [6.07, 6.45) is 6.04. The maximum atomic E-state index is 4.38. The van der Waals surface area contributed by atoms with Gasteiger partial charge in [0.25, 0.3) is 0 Å². The van der Waals surface area contributed by atoms with Crippen LogP contribution in [0.25, 0.3) is 10.7 Å². The van der Waals surface area contributed by atoms with E-state index in [2.05, 4.69) is 33.3 Å². The Kier molecular flexibility index (Phi) is 3.26. The molecule has 0 amide bonds. The minimum Gasteiger partial charge on any atom is -0.329 e. The zero-order valence-corrected chi connectivity index (χ0v) is 9.64. The molecule has 2 rings (SSSR count). The van der Waals surface area contributed by atoms with Crippen molar-refractivity contribution in [2.45, 2.75) is 6.54 Å². The van der Waals surface area contributed by atoms with Gasteiger partial charge in [-0.1, -0.05) is 6.07 Å². The van der Waals surface area contributed by atoms with Crippen LogP contribution < -0.4 is 0 Å². The van der Waals surface area contributed by atoms with Gasteiger partial charge in [-0.2, -0.15) is 11.8 Å². The smallest absolute Gasteiger partial charge is 0.150 e. The summed E-state index contributed by atoms with van der Waals surface area (Å²) in [5, 5.41) is 2.09. The number of thiophene rings is 1. The number of imidazole rings is 1. The summed E-state index contributed by atoms with van der Waals surface area (Å²) in [4.78, 5) is 5.62. The van der Waals surface area contributed by atoms with Crippen LogP contribution >= 0.6 is 23.1 Å². The van der Waals surface area contributed by atoms with E-state index < -0.39 is 0 Å². The van der Waals surface area contributed by atoms with Crippen LogP contribution in [-0.4, -0.2) is 21.6 Å². The third-order valence-corrected chi connectivity index (χ3v) is 3.45. The van der Waals surface area contributed by atoms with E-state index in [9.17, 15) is 0 Å². The third-order valence-electron chi connectivity index (χ3n) is 1.99. The molecule has 0 N–H and O–H groups in total. The fourth-order valence-corrected chi connectivity index (χ4v) is 2.43. The van der Waals surface area contributed by atoms with Crippen LogP contribution in [0.15, 0.2) is 29.9 Å². The molecule has 2 aromatic rings. The molecule has 0 bridgehead atoms. The van der Waals surface area contributed by atoms with E-state index in [1.165, 1.54) is 4.88 Å². The largest absolute Gasteiger partial charge is 0.329 e. The summed E-state index contributed by atoms with van der Waals surface area (Å²) >= 11 is 3.60. The lowest BCUT2D eigenvalue weighted by molar-refractivity contribution is 0.782. The number of hydrogen-bond donors (Lipinski definition) is 0. The number of thioether (sulfide) groups is 1.